The van der Waals surface area contributed by atoms with E-state index >= 15 is 0 Å². The molecule has 0 N–H and O–H groups in total. The summed E-state index contributed by atoms with van der Waals surface area (Å²) in [4.78, 5) is 18.3. The fourth-order valence-electron chi connectivity index (χ4n) is 4.60. The van der Waals surface area contributed by atoms with E-state index < -0.39 is 24.3 Å². The fraction of sp³-hybridized carbons (Fsp3) is 0.667. The number of methoxy groups -OCH3 is 1. The van der Waals surface area contributed by atoms with E-state index in [-0.39, 0.29) is 24.8 Å². The molecule has 4 rings (SSSR count). The molecule has 1 saturated heterocycles. The lowest BCUT2D eigenvalue weighted by Gasteiger charge is -2.37. The number of fused-ring (bicyclic) bond motifs is 1. The molecule has 1 amide bonds. The molecule has 0 aromatic carbocycles. The molecule has 31 heavy (non-hydrogen) atoms. The number of halogens is 3. The summed E-state index contributed by atoms with van der Waals surface area (Å²) in [6.45, 7) is 4.44. The van der Waals surface area contributed by atoms with Crippen LogP contribution in [0.4, 0.5) is 18.0 Å². The zero-order chi connectivity index (χ0) is 22.3. The Hall–Kier alpha value is -2.36. The van der Waals surface area contributed by atoms with E-state index in [2.05, 4.69) is 4.98 Å². The Morgan fingerprint density at radius 2 is 1.94 bits per heavy atom. The van der Waals surface area contributed by atoms with Crippen LogP contribution in [-0.2, 0) is 9.47 Å². The summed E-state index contributed by atoms with van der Waals surface area (Å²) in [6.07, 6.45) is -3.79. The first-order valence-electron chi connectivity index (χ1n) is 10.6. The number of aryl methyl sites for hydroxylation is 1. The third-order valence-corrected chi connectivity index (χ3v) is 6.38. The van der Waals surface area contributed by atoms with E-state index in [0.29, 0.717) is 31.6 Å². The first kappa shape index (κ1) is 21.9. The van der Waals surface area contributed by atoms with Gasteiger partial charge in [-0.2, -0.15) is 18.3 Å². The largest absolute Gasteiger partial charge is 0.453 e. The van der Waals surface area contributed by atoms with Gasteiger partial charge in [-0.05, 0) is 45.6 Å². The number of hydrogen-bond acceptors (Lipinski definition) is 5. The van der Waals surface area contributed by atoms with Gasteiger partial charge in [-0.25, -0.2) is 14.3 Å². The second-order valence-electron chi connectivity index (χ2n) is 8.55. The van der Waals surface area contributed by atoms with Crippen LogP contribution in [-0.4, -0.2) is 58.1 Å². The van der Waals surface area contributed by atoms with Crippen LogP contribution >= 0.6 is 0 Å². The van der Waals surface area contributed by atoms with Gasteiger partial charge in [0.25, 0.3) is 0 Å². The van der Waals surface area contributed by atoms with Gasteiger partial charge < -0.3 is 14.4 Å². The van der Waals surface area contributed by atoms with Gasteiger partial charge in [-0.1, -0.05) is 0 Å². The SMILES string of the molecule is COC(=O)N1C[C@H](c2cc(C)nc3cc([C@H]4CC[C@H](C(F)(F)F)CC4)nn23)OC[C@H]1C. The summed E-state index contributed by atoms with van der Waals surface area (Å²) in [5.41, 5.74) is 2.93. The highest BCUT2D eigenvalue weighted by Gasteiger charge is 2.42. The number of aromatic nitrogens is 3. The quantitative estimate of drug-likeness (QED) is 0.692. The van der Waals surface area contributed by atoms with Gasteiger partial charge in [0.1, 0.15) is 6.10 Å². The molecule has 1 aliphatic heterocycles. The third-order valence-electron chi connectivity index (χ3n) is 6.38. The molecule has 0 bridgehead atoms. The number of carbonyl (C=O) groups is 1. The minimum atomic E-state index is -4.13. The summed E-state index contributed by atoms with van der Waals surface area (Å²) in [5, 5.41) is 4.71. The van der Waals surface area contributed by atoms with Crippen molar-refractivity contribution in [2.75, 3.05) is 20.3 Å². The van der Waals surface area contributed by atoms with Crippen LogP contribution in [0.5, 0.6) is 0 Å². The van der Waals surface area contributed by atoms with Gasteiger partial charge in [-0.15, -0.1) is 0 Å². The molecule has 7 nitrogen and oxygen atoms in total. The maximum atomic E-state index is 13.0. The maximum Gasteiger partial charge on any atom is 0.409 e. The van der Waals surface area contributed by atoms with Gasteiger partial charge in [-0.3, -0.25) is 0 Å². The molecule has 0 spiro atoms. The first-order valence-corrected chi connectivity index (χ1v) is 10.6. The van der Waals surface area contributed by atoms with Gasteiger partial charge in [0, 0.05) is 17.7 Å². The van der Waals surface area contributed by atoms with Gasteiger partial charge in [0.15, 0.2) is 5.65 Å². The summed E-state index contributed by atoms with van der Waals surface area (Å²) < 4.78 is 51.6. The van der Waals surface area contributed by atoms with Gasteiger partial charge >= 0.3 is 12.3 Å². The molecule has 2 atom stereocenters. The Morgan fingerprint density at radius 3 is 2.58 bits per heavy atom. The average molecular weight is 440 g/mol. The van der Waals surface area contributed by atoms with E-state index in [1.54, 1.807) is 9.42 Å². The van der Waals surface area contributed by atoms with Crippen molar-refractivity contribution >= 4 is 11.7 Å². The Labute approximate surface area is 178 Å². The number of amides is 1. The second kappa shape index (κ2) is 8.29. The van der Waals surface area contributed by atoms with Crippen molar-refractivity contribution in [3.05, 3.63) is 29.2 Å². The molecule has 0 unspecified atom stereocenters. The zero-order valence-corrected chi connectivity index (χ0v) is 17.9. The number of carbonyl (C=O) groups excluding carboxylic acids is 1. The second-order valence-corrected chi connectivity index (χ2v) is 8.55. The van der Waals surface area contributed by atoms with Crippen LogP contribution in [0.1, 0.15) is 61.7 Å². The summed E-state index contributed by atoms with van der Waals surface area (Å²) in [6, 6.07) is 3.62. The molecular weight excluding hydrogens is 413 g/mol. The lowest BCUT2D eigenvalue weighted by atomic mass is 9.80. The molecule has 1 aliphatic carbocycles. The Kier molecular flexibility index (Phi) is 5.85. The van der Waals surface area contributed by atoms with Crippen molar-refractivity contribution in [1.29, 1.82) is 0 Å². The normalized spacial score (nSPS) is 27.5. The Bertz CT molecular complexity index is 953. The summed E-state index contributed by atoms with van der Waals surface area (Å²) in [7, 11) is 1.35. The van der Waals surface area contributed by atoms with E-state index in [4.69, 9.17) is 14.6 Å². The molecule has 2 fully saturated rings. The predicted octanol–water partition coefficient (Wildman–Crippen LogP) is 4.40. The molecule has 10 heteroatoms. The Morgan fingerprint density at radius 1 is 1.23 bits per heavy atom. The molecule has 0 radical (unpaired) electrons. The van der Waals surface area contributed by atoms with Gasteiger partial charge in [0.2, 0.25) is 0 Å². The van der Waals surface area contributed by atoms with Gasteiger partial charge in [0.05, 0.1) is 43.6 Å². The number of alkyl halides is 3. The number of rotatable bonds is 2. The molecule has 170 valence electrons. The summed E-state index contributed by atoms with van der Waals surface area (Å²) >= 11 is 0. The van der Waals surface area contributed by atoms with Crippen molar-refractivity contribution in [3.63, 3.8) is 0 Å². The highest BCUT2D eigenvalue weighted by Crippen LogP contribution is 2.42. The van der Waals surface area contributed by atoms with Crippen molar-refractivity contribution in [3.8, 4) is 0 Å². The third kappa shape index (κ3) is 4.35. The van der Waals surface area contributed by atoms with E-state index in [1.807, 2.05) is 26.0 Å². The topological polar surface area (TPSA) is 69.0 Å². The lowest BCUT2D eigenvalue weighted by molar-refractivity contribution is -0.182. The number of ether oxygens (including phenoxy) is 2. The van der Waals surface area contributed by atoms with Crippen molar-refractivity contribution in [2.24, 2.45) is 5.92 Å². The van der Waals surface area contributed by atoms with Crippen LogP contribution in [0.3, 0.4) is 0 Å². The van der Waals surface area contributed by atoms with Crippen LogP contribution in [0.15, 0.2) is 12.1 Å². The predicted molar refractivity (Wildman–Crippen MR) is 106 cm³/mol. The smallest absolute Gasteiger partial charge is 0.409 e. The fourth-order valence-corrected chi connectivity index (χ4v) is 4.60. The van der Waals surface area contributed by atoms with Crippen molar-refractivity contribution < 1.29 is 27.4 Å². The zero-order valence-electron chi connectivity index (χ0n) is 17.9. The van der Waals surface area contributed by atoms with Crippen molar-refractivity contribution in [1.82, 2.24) is 19.5 Å². The maximum absolute atomic E-state index is 13.0. The molecule has 2 aliphatic rings. The first-order chi connectivity index (χ1) is 14.7. The van der Waals surface area contributed by atoms with E-state index in [9.17, 15) is 18.0 Å². The number of hydrogen-bond donors (Lipinski definition) is 0. The van der Waals surface area contributed by atoms with E-state index in [1.165, 1.54) is 7.11 Å². The summed E-state index contributed by atoms with van der Waals surface area (Å²) in [5.74, 6) is -1.24. The molecule has 2 aromatic rings. The number of nitrogens with zero attached hydrogens (tertiary/aromatic N) is 4. The van der Waals surface area contributed by atoms with E-state index in [0.717, 1.165) is 17.1 Å². The van der Waals surface area contributed by atoms with Crippen LogP contribution in [0, 0.1) is 12.8 Å². The molecule has 2 aromatic heterocycles. The molecule has 1 saturated carbocycles. The minimum absolute atomic E-state index is 0.0210. The highest BCUT2D eigenvalue weighted by molar-refractivity contribution is 5.68. The number of morpholine rings is 1. The van der Waals surface area contributed by atoms with Crippen LogP contribution < -0.4 is 0 Å². The van der Waals surface area contributed by atoms with Crippen molar-refractivity contribution in [2.45, 2.75) is 63.8 Å². The molecule has 3 heterocycles. The monoisotopic (exact) mass is 440 g/mol. The average Bonchev–Trinajstić information content (AvgIpc) is 3.16. The lowest BCUT2D eigenvalue weighted by Crippen LogP contribution is -2.48. The Balaban J connectivity index is 1.60. The molecular formula is C21H27F3N4O3. The van der Waals surface area contributed by atoms with Crippen LogP contribution in [0.2, 0.25) is 0 Å². The minimum Gasteiger partial charge on any atom is -0.453 e. The standard InChI is InChI=1S/C21H27F3N4O3/c1-12-8-17(18-10-27(20(29)30-3)13(2)11-31-18)28-19(25-12)9-16(26-28)14-4-6-15(7-5-14)21(22,23)24/h8-9,13-15,18H,4-7,10-11H2,1-3H3/t13-,14-,15-,18-/m1/s1. The van der Waals surface area contributed by atoms with Crippen LogP contribution in [0.25, 0.3) is 5.65 Å². The highest BCUT2D eigenvalue weighted by atomic mass is 19.4.